The van der Waals surface area contributed by atoms with Crippen LogP contribution in [0.2, 0.25) is 0 Å². The van der Waals surface area contributed by atoms with Crippen LogP contribution in [0.5, 0.6) is 0 Å². The smallest absolute Gasteiger partial charge is 0.247 e. The Labute approximate surface area is 181 Å². The molecular formula is C24H25N3O2S. The summed E-state index contributed by atoms with van der Waals surface area (Å²) in [7, 11) is 0. The van der Waals surface area contributed by atoms with E-state index in [9.17, 15) is 14.9 Å². The highest BCUT2D eigenvalue weighted by Gasteiger charge is 2.40. The number of amides is 2. The minimum atomic E-state index is -0.550. The summed E-state index contributed by atoms with van der Waals surface area (Å²) in [4.78, 5) is 31.7. The maximum absolute atomic E-state index is 13.1. The number of imide groups is 1. The van der Waals surface area contributed by atoms with Crippen molar-refractivity contribution in [1.82, 2.24) is 4.98 Å². The van der Waals surface area contributed by atoms with Gasteiger partial charge in [-0.1, -0.05) is 44.2 Å². The molecule has 1 aromatic carbocycles. The van der Waals surface area contributed by atoms with E-state index in [1.807, 2.05) is 30.3 Å². The van der Waals surface area contributed by atoms with E-state index < -0.39 is 5.25 Å². The highest BCUT2D eigenvalue weighted by atomic mass is 32.2. The standard InChI is InChI=1S/C24H25N3O2S/c1-15(2)16-8-10-19(11-9-16)27-22(28)13-21(24(27)29)30-23-18(14-25)12-17-6-4-3-5-7-20(17)26-23/h8-12,15,21H,3-7,13H2,1-2H3. The SMILES string of the molecule is CC(C)c1ccc(N2C(=O)CC(Sc3nc4c(cc3C#N)CCCCC4)C2=O)cc1. The van der Waals surface area contributed by atoms with Gasteiger partial charge < -0.3 is 0 Å². The fraction of sp³-hybridized carbons (Fsp3) is 0.417. The van der Waals surface area contributed by atoms with Crippen molar-refractivity contribution in [2.45, 2.75) is 68.6 Å². The van der Waals surface area contributed by atoms with Gasteiger partial charge in [-0.2, -0.15) is 5.26 Å². The summed E-state index contributed by atoms with van der Waals surface area (Å²) in [5.74, 6) is -0.0537. The number of pyridine rings is 1. The Morgan fingerprint density at radius 1 is 1.13 bits per heavy atom. The number of nitriles is 1. The number of anilines is 1. The lowest BCUT2D eigenvalue weighted by Gasteiger charge is -2.16. The molecule has 2 heterocycles. The molecule has 0 spiro atoms. The number of hydrogen-bond donors (Lipinski definition) is 0. The topological polar surface area (TPSA) is 74.1 Å². The van der Waals surface area contributed by atoms with E-state index in [2.05, 4.69) is 19.9 Å². The first-order valence-corrected chi connectivity index (χ1v) is 11.4. The molecule has 0 saturated carbocycles. The quantitative estimate of drug-likeness (QED) is 0.527. The predicted molar refractivity (Wildman–Crippen MR) is 117 cm³/mol. The Balaban J connectivity index is 1.57. The van der Waals surface area contributed by atoms with Crippen LogP contribution in [0, 0.1) is 11.3 Å². The van der Waals surface area contributed by atoms with E-state index >= 15 is 0 Å². The third-order valence-electron chi connectivity index (χ3n) is 5.81. The first-order valence-electron chi connectivity index (χ1n) is 10.5. The van der Waals surface area contributed by atoms with Crippen LogP contribution in [0.1, 0.15) is 67.8 Å². The summed E-state index contributed by atoms with van der Waals surface area (Å²) in [6.07, 6.45) is 5.35. The molecule has 1 aromatic heterocycles. The second-order valence-electron chi connectivity index (χ2n) is 8.24. The number of hydrogen-bond acceptors (Lipinski definition) is 5. The summed E-state index contributed by atoms with van der Waals surface area (Å²) < 4.78 is 0. The zero-order chi connectivity index (χ0) is 21.3. The molecule has 30 heavy (non-hydrogen) atoms. The lowest BCUT2D eigenvalue weighted by molar-refractivity contribution is -0.121. The van der Waals surface area contributed by atoms with Crippen molar-refractivity contribution in [3.05, 3.63) is 52.7 Å². The summed E-state index contributed by atoms with van der Waals surface area (Å²) >= 11 is 1.25. The fourth-order valence-electron chi connectivity index (χ4n) is 4.07. The number of carbonyl (C=O) groups excluding carboxylic acids is 2. The van der Waals surface area contributed by atoms with Crippen molar-refractivity contribution in [3.8, 4) is 6.07 Å². The minimum absolute atomic E-state index is 0.124. The van der Waals surface area contributed by atoms with Crippen LogP contribution >= 0.6 is 11.8 Å². The third kappa shape index (κ3) is 3.99. The monoisotopic (exact) mass is 419 g/mol. The Bertz CT molecular complexity index is 1020. The lowest BCUT2D eigenvalue weighted by atomic mass is 10.0. The van der Waals surface area contributed by atoms with Crippen LogP contribution in [0.25, 0.3) is 0 Å². The predicted octanol–water partition coefficient (Wildman–Crippen LogP) is 4.77. The summed E-state index contributed by atoms with van der Waals surface area (Å²) in [6, 6.07) is 11.8. The zero-order valence-electron chi connectivity index (χ0n) is 17.4. The Hall–Kier alpha value is -2.65. The largest absolute Gasteiger partial charge is 0.274 e. The first-order chi connectivity index (χ1) is 14.5. The number of nitrogens with zero attached hydrogens (tertiary/aromatic N) is 3. The normalized spacial score (nSPS) is 19.0. The number of aromatic nitrogens is 1. The molecule has 2 amide bonds. The average molecular weight is 420 g/mol. The van der Waals surface area contributed by atoms with Gasteiger partial charge in [0.1, 0.15) is 11.1 Å². The summed E-state index contributed by atoms with van der Waals surface area (Å²) in [5.41, 5.74) is 4.45. The zero-order valence-corrected chi connectivity index (χ0v) is 18.2. The number of carbonyl (C=O) groups is 2. The molecule has 1 atom stereocenters. The number of aryl methyl sites for hydroxylation is 2. The lowest BCUT2D eigenvalue weighted by Crippen LogP contribution is -2.31. The fourth-order valence-corrected chi connectivity index (χ4v) is 5.17. The van der Waals surface area contributed by atoms with Gasteiger partial charge in [-0.15, -0.1) is 0 Å². The number of fused-ring (bicyclic) bond motifs is 1. The molecule has 2 aliphatic rings. The van der Waals surface area contributed by atoms with Crippen molar-refractivity contribution in [2.24, 2.45) is 0 Å². The van der Waals surface area contributed by atoms with Crippen LogP contribution in [-0.2, 0) is 22.4 Å². The number of thioether (sulfide) groups is 1. The van der Waals surface area contributed by atoms with Crippen molar-refractivity contribution in [1.29, 1.82) is 5.26 Å². The van der Waals surface area contributed by atoms with E-state index in [0.29, 0.717) is 22.2 Å². The molecule has 0 bridgehead atoms. The van der Waals surface area contributed by atoms with E-state index in [1.54, 1.807) is 0 Å². The van der Waals surface area contributed by atoms with Crippen LogP contribution in [0.4, 0.5) is 5.69 Å². The molecule has 4 rings (SSSR count). The molecule has 5 nitrogen and oxygen atoms in total. The maximum Gasteiger partial charge on any atom is 0.247 e. The molecule has 6 heteroatoms. The first kappa shape index (κ1) is 20.6. The van der Waals surface area contributed by atoms with Crippen molar-refractivity contribution >= 4 is 29.3 Å². The average Bonchev–Trinajstić information content (AvgIpc) is 2.89. The van der Waals surface area contributed by atoms with Gasteiger partial charge in [0.2, 0.25) is 11.8 Å². The summed E-state index contributed by atoms with van der Waals surface area (Å²) in [5, 5.41) is 9.64. The Kier molecular flexibility index (Phi) is 5.92. The van der Waals surface area contributed by atoms with Gasteiger partial charge in [0.05, 0.1) is 16.5 Å². The van der Waals surface area contributed by atoms with Gasteiger partial charge in [0.25, 0.3) is 0 Å². The van der Waals surface area contributed by atoms with Crippen LogP contribution < -0.4 is 4.90 Å². The highest BCUT2D eigenvalue weighted by molar-refractivity contribution is 8.00. The van der Waals surface area contributed by atoms with Gasteiger partial charge in [-0.05, 0) is 60.9 Å². The van der Waals surface area contributed by atoms with Gasteiger partial charge in [0, 0.05) is 12.1 Å². The van der Waals surface area contributed by atoms with Gasteiger partial charge >= 0.3 is 0 Å². The van der Waals surface area contributed by atoms with E-state index in [0.717, 1.165) is 42.5 Å². The molecule has 2 aromatic rings. The molecule has 1 aliphatic heterocycles. The minimum Gasteiger partial charge on any atom is -0.274 e. The summed E-state index contributed by atoms with van der Waals surface area (Å²) in [6.45, 7) is 4.21. The third-order valence-corrected chi connectivity index (χ3v) is 7.00. The second kappa shape index (κ2) is 8.61. The molecule has 1 unspecified atom stereocenters. The molecule has 0 radical (unpaired) electrons. The van der Waals surface area contributed by atoms with Crippen LogP contribution in [0.15, 0.2) is 35.4 Å². The van der Waals surface area contributed by atoms with Gasteiger partial charge in [-0.25, -0.2) is 9.88 Å². The van der Waals surface area contributed by atoms with Crippen molar-refractivity contribution in [2.75, 3.05) is 4.90 Å². The molecule has 1 aliphatic carbocycles. The maximum atomic E-state index is 13.1. The van der Waals surface area contributed by atoms with Gasteiger partial charge in [-0.3, -0.25) is 9.59 Å². The molecular weight excluding hydrogens is 394 g/mol. The van der Waals surface area contributed by atoms with E-state index in [-0.39, 0.29) is 18.2 Å². The highest BCUT2D eigenvalue weighted by Crippen LogP contribution is 2.36. The molecule has 0 N–H and O–H groups in total. The Morgan fingerprint density at radius 3 is 2.57 bits per heavy atom. The molecule has 154 valence electrons. The second-order valence-corrected chi connectivity index (χ2v) is 9.44. The van der Waals surface area contributed by atoms with Gasteiger partial charge in [0.15, 0.2) is 0 Å². The Morgan fingerprint density at radius 2 is 1.87 bits per heavy atom. The van der Waals surface area contributed by atoms with E-state index in [1.165, 1.54) is 23.1 Å². The number of benzene rings is 1. The molecule has 1 fully saturated rings. The van der Waals surface area contributed by atoms with E-state index in [4.69, 9.17) is 4.98 Å². The van der Waals surface area contributed by atoms with Crippen LogP contribution in [-0.4, -0.2) is 22.0 Å². The number of rotatable bonds is 4. The van der Waals surface area contributed by atoms with Crippen molar-refractivity contribution in [3.63, 3.8) is 0 Å². The molecule has 1 saturated heterocycles. The van der Waals surface area contributed by atoms with Crippen molar-refractivity contribution < 1.29 is 9.59 Å². The van der Waals surface area contributed by atoms with Crippen LogP contribution in [0.3, 0.4) is 0 Å².